The molecule has 0 saturated carbocycles. The second-order valence-corrected chi connectivity index (χ2v) is 4.34. The van der Waals surface area contributed by atoms with Crippen LogP contribution < -0.4 is 0 Å². The number of hydrogen-bond acceptors (Lipinski definition) is 1. The van der Waals surface area contributed by atoms with Crippen LogP contribution >= 0.6 is 11.3 Å². The molecule has 1 atom stereocenters. The number of hydrogen-bond donors (Lipinski definition) is 0. The normalized spacial score (nSPS) is 13.8. The highest BCUT2D eigenvalue weighted by molar-refractivity contribution is 7.07. The zero-order valence-corrected chi connectivity index (χ0v) is 8.32. The average molecular weight is 168 g/mol. The van der Waals surface area contributed by atoms with Crippen molar-refractivity contribution >= 4 is 11.3 Å². The van der Waals surface area contributed by atoms with Gasteiger partial charge in [0.25, 0.3) is 0 Å². The maximum absolute atomic E-state index is 2.32. The first-order chi connectivity index (χ1) is 5.20. The van der Waals surface area contributed by atoms with Crippen LogP contribution in [0.5, 0.6) is 0 Å². The molecule has 1 heterocycles. The van der Waals surface area contributed by atoms with Crippen LogP contribution in [0.3, 0.4) is 0 Å². The Morgan fingerprint density at radius 3 is 2.55 bits per heavy atom. The highest BCUT2D eigenvalue weighted by Crippen LogP contribution is 2.17. The predicted octanol–water partition coefficient (Wildman–Crippen LogP) is 3.58. The van der Waals surface area contributed by atoms with Gasteiger partial charge in [0.1, 0.15) is 0 Å². The molecule has 1 rings (SSSR count). The fraction of sp³-hybridized carbons (Fsp3) is 0.600. The van der Waals surface area contributed by atoms with E-state index in [0.29, 0.717) is 0 Å². The second-order valence-electron chi connectivity index (χ2n) is 3.56. The van der Waals surface area contributed by atoms with Gasteiger partial charge in [0, 0.05) is 0 Å². The van der Waals surface area contributed by atoms with Crippen molar-refractivity contribution in [1.82, 2.24) is 0 Å². The summed E-state index contributed by atoms with van der Waals surface area (Å²) in [5.41, 5.74) is 1.50. The molecule has 0 fully saturated rings. The molecule has 1 heteroatoms. The Balaban J connectivity index is 2.43. The third-order valence-corrected chi connectivity index (χ3v) is 3.01. The number of rotatable bonds is 3. The summed E-state index contributed by atoms with van der Waals surface area (Å²) in [5, 5.41) is 4.40. The molecule has 0 saturated heterocycles. The topological polar surface area (TPSA) is 0 Å². The van der Waals surface area contributed by atoms with Crippen molar-refractivity contribution in [2.45, 2.75) is 27.2 Å². The fourth-order valence-corrected chi connectivity index (χ4v) is 1.70. The van der Waals surface area contributed by atoms with Crippen LogP contribution in [-0.2, 0) is 6.42 Å². The molecular weight excluding hydrogens is 152 g/mol. The smallest absolute Gasteiger partial charge is 0.00612 e. The van der Waals surface area contributed by atoms with Crippen LogP contribution in [-0.4, -0.2) is 0 Å². The van der Waals surface area contributed by atoms with E-state index in [-0.39, 0.29) is 0 Å². The lowest BCUT2D eigenvalue weighted by atomic mass is 9.92. The molecule has 0 spiro atoms. The molecule has 0 bridgehead atoms. The van der Waals surface area contributed by atoms with Crippen LogP contribution in [0, 0.1) is 11.8 Å². The zero-order chi connectivity index (χ0) is 8.27. The molecule has 11 heavy (non-hydrogen) atoms. The summed E-state index contributed by atoms with van der Waals surface area (Å²) in [6, 6.07) is 2.23. The largest absolute Gasteiger partial charge is 0.152 e. The first kappa shape index (κ1) is 8.79. The molecule has 62 valence electrons. The van der Waals surface area contributed by atoms with Crippen molar-refractivity contribution in [2.24, 2.45) is 11.8 Å². The van der Waals surface area contributed by atoms with Crippen LogP contribution in [0.25, 0.3) is 0 Å². The molecule has 0 aliphatic rings. The predicted molar refractivity (Wildman–Crippen MR) is 52.0 cm³/mol. The quantitative estimate of drug-likeness (QED) is 0.647. The third-order valence-electron chi connectivity index (χ3n) is 2.28. The Bertz CT molecular complexity index is 187. The average Bonchev–Trinajstić information content (AvgIpc) is 2.39. The molecular formula is C10H16S. The Hall–Kier alpha value is -0.300. The lowest BCUT2D eigenvalue weighted by molar-refractivity contribution is 0.418. The van der Waals surface area contributed by atoms with Crippen LogP contribution in [0.15, 0.2) is 16.8 Å². The van der Waals surface area contributed by atoms with Gasteiger partial charge in [-0.1, -0.05) is 20.8 Å². The highest BCUT2D eigenvalue weighted by Gasteiger charge is 2.07. The third kappa shape index (κ3) is 2.66. The summed E-state index contributed by atoms with van der Waals surface area (Å²) < 4.78 is 0. The van der Waals surface area contributed by atoms with E-state index >= 15 is 0 Å². The van der Waals surface area contributed by atoms with Gasteiger partial charge in [-0.2, -0.15) is 11.3 Å². The molecule has 0 radical (unpaired) electrons. The van der Waals surface area contributed by atoms with Gasteiger partial charge < -0.3 is 0 Å². The van der Waals surface area contributed by atoms with E-state index < -0.39 is 0 Å². The summed E-state index contributed by atoms with van der Waals surface area (Å²) in [4.78, 5) is 0. The first-order valence-electron chi connectivity index (χ1n) is 4.21. The molecule has 0 aliphatic carbocycles. The lowest BCUT2D eigenvalue weighted by Gasteiger charge is -2.13. The van der Waals surface area contributed by atoms with Crippen molar-refractivity contribution in [3.05, 3.63) is 22.4 Å². The molecule has 0 aromatic carbocycles. The molecule has 0 amide bonds. The molecule has 1 aromatic heterocycles. The summed E-state index contributed by atoms with van der Waals surface area (Å²) in [6.07, 6.45) is 1.24. The maximum atomic E-state index is 2.32. The van der Waals surface area contributed by atoms with E-state index in [1.807, 2.05) is 0 Å². The Kier molecular flexibility index (Phi) is 3.13. The van der Waals surface area contributed by atoms with E-state index in [0.717, 1.165) is 11.8 Å². The van der Waals surface area contributed by atoms with Crippen molar-refractivity contribution < 1.29 is 0 Å². The lowest BCUT2D eigenvalue weighted by Crippen LogP contribution is -2.06. The first-order valence-corrected chi connectivity index (χ1v) is 5.15. The van der Waals surface area contributed by atoms with E-state index in [1.165, 1.54) is 12.0 Å². The van der Waals surface area contributed by atoms with Crippen molar-refractivity contribution in [2.75, 3.05) is 0 Å². The SMILES string of the molecule is CC(C)[C@@H](C)Cc1ccsc1. The Labute approximate surface area is 73.3 Å². The minimum absolute atomic E-state index is 0.801. The van der Waals surface area contributed by atoms with Gasteiger partial charge in [-0.25, -0.2) is 0 Å². The summed E-state index contributed by atoms with van der Waals surface area (Å²) in [5.74, 6) is 1.61. The molecule has 0 unspecified atom stereocenters. The summed E-state index contributed by atoms with van der Waals surface area (Å²) >= 11 is 1.79. The second kappa shape index (κ2) is 3.91. The van der Waals surface area contributed by atoms with Gasteiger partial charge >= 0.3 is 0 Å². The van der Waals surface area contributed by atoms with Gasteiger partial charge in [-0.05, 0) is 40.6 Å². The Morgan fingerprint density at radius 2 is 2.09 bits per heavy atom. The fourth-order valence-electron chi connectivity index (χ4n) is 1.02. The molecule has 0 N–H and O–H groups in total. The molecule has 1 aromatic rings. The summed E-state index contributed by atoms with van der Waals surface area (Å²) in [7, 11) is 0. The van der Waals surface area contributed by atoms with Gasteiger partial charge in [-0.15, -0.1) is 0 Å². The van der Waals surface area contributed by atoms with E-state index in [2.05, 4.69) is 37.6 Å². The molecule has 0 aliphatic heterocycles. The van der Waals surface area contributed by atoms with Crippen molar-refractivity contribution in [3.63, 3.8) is 0 Å². The van der Waals surface area contributed by atoms with Gasteiger partial charge in [0.15, 0.2) is 0 Å². The Morgan fingerprint density at radius 1 is 1.36 bits per heavy atom. The van der Waals surface area contributed by atoms with E-state index in [1.54, 1.807) is 11.3 Å². The minimum Gasteiger partial charge on any atom is -0.152 e. The maximum Gasteiger partial charge on any atom is -0.00612 e. The minimum atomic E-state index is 0.801. The van der Waals surface area contributed by atoms with Gasteiger partial charge in [0.05, 0.1) is 0 Å². The van der Waals surface area contributed by atoms with Crippen molar-refractivity contribution in [3.8, 4) is 0 Å². The summed E-state index contributed by atoms with van der Waals surface area (Å²) in [6.45, 7) is 6.90. The van der Waals surface area contributed by atoms with E-state index in [9.17, 15) is 0 Å². The van der Waals surface area contributed by atoms with E-state index in [4.69, 9.17) is 0 Å². The van der Waals surface area contributed by atoms with Crippen LogP contribution in [0.1, 0.15) is 26.3 Å². The van der Waals surface area contributed by atoms with Crippen molar-refractivity contribution in [1.29, 1.82) is 0 Å². The zero-order valence-electron chi connectivity index (χ0n) is 7.50. The van der Waals surface area contributed by atoms with Gasteiger partial charge in [-0.3, -0.25) is 0 Å². The highest BCUT2D eigenvalue weighted by atomic mass is 32.1. The van der Waals surface area contributed by atoms with Crippen LogP contribution in [0.4, 0.5) is 0 Å². The van der Waals surface area contributed by atoms with Gasteiger partial charge in [0.2, 0.25) is 0 Å². The monoisotopic (exact) mass is 168 g/mol. The van der Waals surface area contributed by atoms with Crippen LogP contribution in [0.2, 0.25) is 0 Å². The molecule has 0 nitrogen and oxygen atoms in total. The number of thiophene rings is 1. The standard InChI is InChI=1S/C10H16S/c1-8(2)9(3)6-10-4-5-11-7-10/h4-5,7-9H,6H2,1-3H3/t9-/m0/s1.